The molecule has 0 saturated carbocycles. The van der Waals surface area contributed by atoms with Gasteiger partial charge in [-0.2, -0.15) is 0 Å². The SMILES string of the molecule is CC(Br)c1cn(Cc2cnccn2)nn1. The molecule has 2 aromatic rings. The normalized spacial score (nSPS) is 12.7. The molecule has 0 aliphatic rings. The summed E-state index contributed by atoms with van der Waals surface area (Å²) in [6.07, 6.45) is 6.93. The van der Waals surface area contributed by atoms with Crippen molar-refractivity contribution in [1.29, 1.82) is 0 Å². The van der Waals surface area contributed by atoms with Gasteiger partial charge in [0.2, 0.25) is 0 Å². The van der Waals surface area contributed by atoms with Crippen LogP contribution in [0.3, 0.4) is 0 Å². The minimum absolute atomic E-state index is 0.216. The van der Waals surface area contributed by atoms with Crippen LogP contribution in [0.4, 0.5) is 0 Å². The van der Waals surface area contributed by atoms with Crippen LogP contribution in [-0.2, 0) is 6.54 Å². The van der Waals surface area contributed by atoms with Crippen molar-refractivity contribution in [2.75, 3.05) is 0 Å². The van der Waals surface area contributed by atoms with Gasteiger partial charge in [0.05, 0.1) is 35.2 Å². The molecule has 0 bridgehead atoms. The highest BCUT2D eigenvalue weighted by atomic mass is 79.9. The van der Waals surface area contributed by atoms with Gasteiger partial charge in [-0.25, -0.2) is 4.68 Å². The molecule has 0 N–H and O–H groups in total. The monoisotopic (exact) mass is 267 g/mol. The molecule has 0 aliphatic carbocycles. The predicted molar refractivity (Wildman–Crippen MR) is 58.5 cm³/mol. The summed E-state index contributed by atoms with van der Waals surface area (Å²) in [6, 6.07) is 0. The highest BCUT2D eigenvalue weighted by Gasteiger charge is 2.06. The minimum atomic E-state index is 0.216. The third-order valence-corrected chi connectivity index (χ3v) is 2.37. The molecule has 6 heteroatoms. The van der Waals surface area contributed by atoms with E-state index in [9.17, 15) is 0 Å². The Kier molecular flexibility index (Phi) is 3.05. The zero-order valence-electron chi connectivity index (χ0n) is 8.21. The molecule has 15 heavy (non-hydrogen) atoms. The van der Waals surface area contributed by atoms with E-state index in [1.165, 1.54) is 0 Å². The summed E-state index contributed by atoms with van der Waals surface area (Å²) in [5, 5.41) is 8.03. The first kappa shape index (κ1) is 10.2. The lowest BCUT2D eigenvalue weighted by molar-refractivity contribution is 0.636. The van der Waals surface area contributed by atoms with E-state index >= 15 is 0 Å². The molecule has 0 aliphatic heterocycles. The first-order valence-electron chi connectivity index (χ1n) is 4.54. The maximum Gasteiger partial charge on any atom is 0.0960 e. The van der Waals surface area contributed by atoms with Gasteiger partial charge in [0.15, 0.2) is 0 Å². The van der Waals surface area contributed by atoms with Crippen LogP contribution >= 0.6 is 15.9 Å². The van der Waals surface area contributed by atoms with Crippen molar-refractivity contribution in [1.82, 2.24) is 25.0 Å². The van der Waals surface area contributed by atoms with E-state index in [2.05, 4.69) is 36.2 Å². The fraction of sp³-hybridized carbons (Fsp3) is 0.333. The first-order chi connectivity index (χ1) is 7.25. The Morgan fingerprint density at radius 1 is 1.47 bits per heavy atom. The third kappa shape index (κ3) is 2.59. The number of alkyl halides is 1. The van der Waals surface area contributed by atoms with Crippen molar-refractivity contribution in [2.45, 2.75) is 18.3 Å². The fourth-order valence-electron chi connectivity index (χ4n) is 1.15. The van der Waals surface area contributed by atoms with Gasteiger partial charge in [0.1, 0.15) is 0 Å². The Labute approximate surface area is 95.7 Å². The van der Waals surface area contributed by atoms with E-state index in [-0.39, 0.29) is 4.83 Å². The zero-order valence-corrected chi connectivity index (χ0v) is 9.79. The van der Waals surface area contributed by atoms with Crippen molar-refractivity contribution in [3.63, 3.8) is 0 Å². The smallest absolute Gasteiger partial charge is 0.0960 e. The summed E-state index contributed by atoms with van der Waals surface area (Å²) in [5.74, 6) is 0. The van der Waals surface area contributed by atoms with Gasteiger partial charge in [-0.1, -0.05) is 21.1 Å². The molecule has 1 atom stereocenters. The number of hydrogen-bond acceptors (Lipinski definition) is 4. The average Bonchev–Trinajstić information content (AvgIpc) is 2.68. The molecule has 1 unspecified atom stereocenters. The van der Waals surface area contributed by atoms with Crippen molar-refractivity contribution in [3.05, 3.63) is 36.2 Å². The Morgan fingerprint density at radius 3 is 2.93 bits per heavy atom. The van der Waals surface area contributed by atoms with Crippen LogP contribution in [0, 0.1) is 0 Å². The van der Waals surface area contributed by atoms with Gasteiger partial charge < -0.3 is 0 Å². The number of rotatable bonds is 3. The largest absolute Gasteiger partial charge is 0.261 e. The lowest BCUT2D eigenvalue weighted by Crippen LogP contribution is -2.02. The quantitative estimate of drug-likeness (QED) is 0.793. The van der Waals surface area contributed by atoms with Gasteiger partial charge in [0.25, 0.3) is 0 Å². The molecule has 0 aromatic carbocycles. The number of nitrogens with zero attached hydrogens (tertiary/aromatic N) is 5. The van der Waals surface area contributed by atoms with Crippen LogP contribution in [0.25, 0.3) is 0 Å². The molecule has 0 spiro atoms. The van der Waals surface area contributed by atoms with Crippen LogP contribution in [0.2, 0.25) is 0 Å². The maximum atomic E-state index is 4.17. The van der Waals surface area contributed by atoms with E-state index < -0.39 is 0 Å². The molecule has 5 nitrogen and oxygen atoms in total. The van der Waals surface area contributed by atoms with Crippen molar-refractivity contribution >= 4 is 15.9 Å². The van der Waals surface area contributed by atoms with E-state index in [0.717, 1.165) is 11.4 Å². The molecular weight excluding hydrogens is 258 g/mol. The lowest BCUT2D eigenvalue weighted by atomic mass is 10.4. The summed E-state index contributed by atoms with van der Waals surface area (Å²) in [5.41, 5.74) is 1.79. The van der Waals surface area contributed by atoms with Crippen LogP contribution in [-0.4, -0.2) is 25.0 Å². The zero-order chi connectivity index (χ0) is 10.7. The van der Waals surface area contributed by atoms with Crippen LogP contribution in [0.1, 0.15) is 23.1 Å². The Bertz CT molecular complexity index is 425. The van der Waals surface area contributed by atoms with Gasteiger partial charge >= 0.3 is 0 Å². The number of halogens is 1. The van der Waals surface area contributed by atoms with Gasteiger partial charge in [-0.05, 0) is 6.92 Å². The maximum absolute atomic E-state index is 4.17. The van der Waals surface area contributed by atoms with E-state index in [1.807, 2.05) is 13.1 Å². The van der Waals surface area contributed by atoms with Crippen LogP contribution < -0.4 is 0 Å². The van der Waals surface area contributed by atoms with Crippen molar-refractivity contribution < 1.29 is 0 Å². The third-order valence-electron chi connectivity index (χ3n) is 1.90. The second-order valence-electron chi connectivity index (χ2n) is 3.15. The topological polar surface area (TPSA) is 56.5 Å². The average molecular weight is 268 g/mol. The van der Waals surface area contributed by atoms with Crippen LogP contribution in [0.15, 0.2) is 24.8 Å². The van der Waals surface area contributed by atoms with Crippen LogP contribution in [0.5, 0.6) is 0 Å². The summed E-state index contributed by atoms with van der Waals surface area (Å²) in [6.45, 7) is 2.61. The van der Waals surface area contributed by atoms with E-state index in [0.29, 0.717) is 6.54 Å². The van der Waals surface area contributed by atoms with Crippen molar-refractivity contribution in [3.8, 4) is 0 Å². The van der Waals surface area contributed by atoms with Gasteiger partial charge in [-0.15, -0.1) is 5.10 Å². The minimum Gasteiger partial charge on any atom is -0.261 e. The second-order valence-corrected chi connectivity index (χ2v) is 4.53. The van der Waals surface area contributed by atoms with Gasteiger partial charge in [0, 0.05) is 12.4 Å². The highest BCUT2D eigenvalue weighted by Crippen LogP contribution is 2.18. The highest BCUT2D eigenvalue weighted by molar-refractivity contribution is 9.09. The summed E-state index contributed by atoms with van der Waals surface area (Å²) in [7, 11) is 0. The molecule has 78 valence electrons. The van der Waals surface area contributed by atoms with E-state index in [4.69, 9.17) is 0 Å². The Hall–Kier alpha value is -1.30. The Balaban J connectivity index is 2.12. The molecule has 0 fully saturated rings. The predicted octanol–water partition coefficient (Wildman–Crippen LogP) is 1.57. The molecule has 2 heterocycles. The number of aromatic nitrogens is 5. The lowest BCUT2D eigenvalue weighted by Gasteiger charge is -1.98. The molecule has 0 radical (unpaired) electrons. The summed E-state index contributed by atoms with van der Waals surface area (Å²) < 4.78 is 1.75. The van der Waals surface area contributed by atoms with E-state index in [1.54, 1.807) is 23.3 Å². The first-order valence-corrected chi connectivity index (χ1v) is 5.46. The fourth-order valence-corrected chi connectivity index (χ4v) is 1.36. The standard InChI is InChI=1S/C9H10BrN5/c1-7(10)9-6-15(14-13-9)5-8-4-11-2-3-12-8/h2-4,6-7H,5H2,1H3. The van der Waals surface area contributed by atoms with Gasteiger partial charge in [-0.3, -0.25) is 9.97 Å². The molecule has 2 rings (SSSR count). The summed E-state index contributed by atoms with van der Waals surface area (Å²) >= 11 is 3.44. The second kappa shape index (κ2) is 4.48. The summed E-state index contributed by atoms with van der Waals surface area (Å²) in [4.78, 5) is 8.37. The molecule has 0 saturated heterocycles. The molecule has 0 amide bonds. The van der Waals surface area contributed by atoms with Crippen molar-refractivity contribution in [2.24, 2.45) is 0 Å². The number of hydrogen-bond donors (Lipinski definition) is 0. The molecular formula is C9H10BrN5. The molecule has 2 aromatic heterocycles. The Morgan fingerprint density at radius 2 is 2.33 bits per heavy atom.